The third-order valence-electron chi connectivity index (χ3n) is 5.83. The summed E-state index contributed by atoms with van der Waals surface area (Å²) in [5.41, 5.74) is 3.04. The van der Waals surface area contributed by atoms with E-state index in [4.69, 9.17) is 14.2 Å². The van der Waals surface area contributed by atoms with Gasteiger partial charge in [-0.25, -0.2) is 0 Å². The Balaban J connectivity index is 1.31. The summed E-state index contributed by atoms with van der Waals surface area (Å²) in [5, 5.41) is 19.5. The van der Waals surface area contributed by atoms with Crippen molar-refractivity contribution >= 4 is 22.8 Å². The number of aromatic hydroxyl groups is 1. The summed E-state index contributed by atoms with van der Waals surface area (Å²) in [5.74, 6) is 1.18. The molecule has 3 heterocycles. The molecule has 0 radical (unpaired) electrons. The van der Waals surface area contributed by atoms with Gasteiger partial charge >= 0.3 is 6.01 Å². The summed E-state index contributed by atoms with van der Waals surface area (Å²) in [6, 6.07) is 13.4. The first-order valence-corrected chi connectivity index (χ1v) is 11.7. The predicted octanol–water partition coefficient (Wildman–Crippen LogP) is 3.81. The van der Waals surface area contributed by atoms with Gasteiger partial charge in [-0.2, -0.15) is 20.1 Å². The van der Waals surface area contributed by atoms with E-state index in [1.165, 1.54) is 7.11 Å². The topological polar surface area (TPSA) is 130 Å². The molecule has 2 N–H and O–H groups in total. The summed E-state index contributed by atoms with van der Waals surface area (Å²) in [6.07, 6.45) is 2.51. The second-order valence-electron chi connectivity index (χ2n) is 8.18. The molecule has 2 aromatic carbocycles. The number of morpholine rings is 1. The minimum absolute atomic E-state index is 0.0948. The van der Waals surface area contributed by atoms with Gasteiger partial charge in [-0.05, 0) is 23.8 Å². The maximum Gasteiger partial charge on any atom is 0.323 e. The van der Waals surface area contributed by atoms with Gasteiger partial charge in [0.2, 0.25) is 5.95 Å². The number of phenols is 1. The lowest BCUT2D eigenvalue weighted by Crippen LogP contribution is -2.37. The number of fused-ring (bicyclic) bond motifs is 1. The number of aromatic amines is 1. The van der Waals surface area contributed by atoms with Crippen molar-refractivity contribution in [2.45, 2.75) is 13.0 Å². The number of nitrogens with one attached hydrogen (secondary N) is 1. The molecule has 0 unspecified atom stereocenters. The lowest BCUT2D eigenvalue weighted by Gasteiger charge is -2.26. The quantitative estimate of drug-likeness (QED) is 0.340. The van der Waals surface area contributed by atoms with E-state index in [-0.39, 0.29) is 17.7 Å². The first kappa shape index (κ1) is 23.5. The van der Waals surface area contributed by atoms with E-state index in [9.17, 15) is 5.11 Å². The monoisotopic (exact) mass is 489 g/mol. The lowest BCUT2D eigenvalue weighted by atomic mass is 10.1. The van der Waals surface area contributed by atoms with Crippen LogP contribution in [0.4, 0.5) is 11.9 Å². The van der Waals surface area contributed by atoms with E-state index in [1.807, 2.05) is 41.4 Å². The van der Waals surface area contributed by atoms with Gasteiger partial charge in [0.25, 0.3) is 5.95 Å². The number of rotatable bonds is 9. The zero-order valence-electron chi connectivity index (χ0n) is 19.9. The normalized spacial score (nSPS) is 14.0. The van der Waals surface area contributed by atoms with E-state index in [1.54, 1.807) is 12.1 Å². The summed E-state index contributed by atoms with van der Waals surface area (Å²) in [6.45, 7) is 3.25. The first-order valence-electron chi connectivity index (χ1n) is 11.7. The molecule has 1 aliphatic heterocycles. The molecule has 4 aromatic rings. The number of phenolic OH excluding ortho intramolecular Hbond substituents is 1. The highest BCUT2D eigenvalue weighted by atomic mass is 16.5. The van der Waals surface area contributed by atoms with Crippen molar-refractivity contribution in [1.29, 1.82) is 0 Å². The van der Waals surface area contributed by atoms with Crippen molar-refractivity contribution in [2.75, 3.05) is 44.9 Å². The summed E-state index contributed by atoms with van der Waals surface area (Å²) >= 11 is 0. The Labute approximate surface area is 207 Å². The molecule has 186 valence electrons. The van der Waals surface area contributed by atoms with Crippen molar-refractivity contribution in [1.82, 2.24) is 19.9 Å². The second-order valence-corrected chi connectivity index (χ2v) is 8.18. The number of nitrogens with zero attached hydrogens (tertiary/aromatic N) is 6. The van der Waals surface area contributed by atoms with E-state index >= 15 is 0 Å². The SMILES string of the molecule is COc1cc(CCOc2nc(N=NCc3c[nH]c4ccccc34)nc(N3CCOCC3)n2)ccc1O. The van der Waals surface area contributed by atoms with Gasteiger partial charge in [0.1, 0.15) is 0 Å². The third kappa shape index (κ3) is 5.52. The number of azo groups is 1. The number of para-hydroxylation sites is 1. The average Bonchev–Trinajstić information content (AvgIpc) is 3.33. The fourth-order valence-corrected chi connectivity index (χ4v) is 3.92. The van der Waals surface area contributed by atoms with Crippen LogP contribution >= 0.6 is 0 Å². The van der Waals surface area contributed by atoms with E-state index in [0.29, 0.717) is 57.6 Å². The smallest absolute Gasteiger partial charge is 0.323 e. The van der Waals surface area contributed by atoms with Crippen molar-refractivity contribution in [2.24, 2.45) is 10.2 Å². The highest BCUT2D eigenvalue weighted by Gasteiger charge is 2.17. The number of benzene rings is 2. The van der Waals surface area contributed by atoms with Gasteiger partial charge in [0.05, 0.1) is 33.5 Å². The molecule has 0 amide bonds. The number of hydrogen-bond donors (Lipinski definition) is 2. The molecule has 36 heavy (non-hydrogen) atoms. The van der Waals surface area contributed by atoms with Gasteiger partial charge in [-0.1, -0.05) is 24.3 Å². The van der Waals surface area contributed by atoms with Crippen LogP contribution in [-0.2, 0) is 17.7 Å². The van der Waals surface area contributed by atoms with Gasteiger partial charge in [-0.15, -0.1) is 5.11 Å². The van der Waals surface area contributed by atoms with Crippen molar-refractivity contribution < 1.29 is 19.3 Å². The second kappa shape index (κ2) is 11.0. The maximum atomic E-state index is 9.79. The van der Waals surface area contributed by atoms with Crippen molar-refractivity contribution in [3.05, 3.63) is 59.8 Å². The van der Waals surface area contributed by atoms with Gasteiger partial charge in [0, 0.05) is 42.2 Å². The molecule has 1 aliphatic rings. The van der Waals surface area contributed by atoms with Crippen LogP contribution < -0.4 is 14.4 Å². The van der Waals surface area contributed by atoms with Crippen LogP contribution in [0.1, 0.15) is 11.1 Å². The summed E-state index contributed by atoms with van der Waals surface area (Å²) in [7, 11) is 1.52. The molecule has 2 aromatic heterocycles. The van der Waals surface area contributed by atoms with E-state index in [2.05, 4.69) is 30.2 Å². The number of hydrogen-bond acceptors (Lipinski definition) is 10. The molecular weight excluding hydrogens is 462 g/mol. The van der Waals surface area contributed by atoms with Crippen molar-refractivity contribution in [3.63, 3.8) is 0 Å². The molecule has 0 saturated carbocycles. The Morgan fingerprint density at radius 3 is 2.83 bits per heavy atom. The lowest BCUT2D eigenvalue weighted by molar-refractivity contribution is 0.122. The van der Waals surface area contributed by atoms with Gasteiger partial charge in [0.15, 0.2) is 11.5 Å². The highest BCUT2D eigenvalue weighted by molar-refractivity contribution is 5.82. The number of H-pyrrole nitrogens is 1. The van der Waals surface area contributed by atoms with Gasteiger partial charge < -0.3 is 29.2 Å². The minimum atomic E-state index is 0.0948. The molecule has 11 heteroatoms. The molecule has 11 nitrogen and oxygen atoms in total. The van der Waals surface area contributed by atoms with Crippen LogP contribution in [0, 0.1) is 0 Å². The highest BCUT2D eigenvalue weighted by Crippen LogP contribution is 2.26. The predicted molar refractivity (Wildman–Crippen MR) is 133 cm³/mol. The largest absolute Gasteiger partial charge is 0.504 e. The van der Waals surface area contributed by atoms with Crippen LogP contribution in [0.3, 0.4) is 0 Å². The molecule has 0 aliphatic carbocycles. The van der Waals surface area contributed by atoms with Crippen molar-refractivity contribution in [3.8, 4) is 17.5 Å². The van der Waals surface area contributed by atoms with Crippen LogP contribution in [0.5, 0.6) is 17.5 Å². The number of anilines is 1. The van der Waals surface area contributed by atoms with Crippen LogP contribution in [0.25, 0.3) is 10.9 Å². The Kier molecular flexibility index (Phi) is 7.17. The number of methoxy groups -OCH3 is 1. The standard InChI is InChI=1S/C25H27N7O4/c1-34-22-14-17(6-7-21(22)33)8-11-36-25-29-23(28-24(30-25)32-9-12-35-13-10-32)31-27-16-18-15-26-20-5-3-2-4-19(18)20/h2-7,14-15,26,33H,8-13,16H2,1H3. The van der Waals surface area contributed by atoms with Crippen LogP contribution in [-0.4, -0.2) is 65.1 Å². The Morgan fingerprint density at radius 2 is 1.97 bits per heavy atom. The van der Waals surface area contributed by atoms with Crippen LogP contribution in [0.15, 0.2) is 58.9 Å². The molecule has 1 fully saturated rings. The Morgan fingerprint density at radius 1 is 1.11 bits per heavy atom. The van der Waals surface area contributed by atoms with Crippen LogP contribution in [0.2, 0.25) is 0 Å². The summed E-state index contributed by atoms with van der Waals surface area (Å²) in [4.78, 5) is 18.6. The number of ether oxygens (including phenoxy) is 3. The average molecular weight is 490 g/mol. The zero-order chi connectivity index (χ0) is 24.7. The summed E-state index contributed by atoms with van der Waals surface area (Å²) < 4.78 is 16.5. The number of aromatic nitrogens is 4. The molecule has 0 spiro atoms. The molecule has 1 saturated heterocycles. The van der Waals surface area contributed by atoms with Gasteiger partial charge in [-0.3, -0.25) is 0 Å². The molecular formula is C25H27N7O4. The molecule has 0 atom stereocenters. The molecule has 0 bridgehead atoms. The maximum absolute atomic E-state index is 9.79. The fraction of sp³-hybridized carbons (Fsp3) is 0.320. The minimum Gasteiger partial charge on any atom is -0.504 e. The first-order chi connectivity index (χ1) is 17.7. The Bertz CT molecular complexity index is 1350. The van der Waals surface area contributed by atoms with E-state index < -0.39 is 0 Å². The zero-order valence-corrected chi connectivity index (χ0v) is 19.9. The fourth-order valence-electron chi connectivity index (χ4n) is 3.92. The van der Waals surface area contributed by atoms with E-state index in [0.717, 1.165) is 22.0 Å². The Hall–Kier alpha value is -4.25. The molecule has 5 rings (SSSR count). The third-order valence-corrected chi connectivity index (χ3v) is 5.83.